The van der Waals surface area contributed by atoms with Gasteiger partial charge in [-0.25, -0.2) is 18.6 Å². The van der Waals surface area contributed by atoms with Crippen molar-refractivity contribution in [1.82, 2.24) is 9.62 Å². The van der Waals surface area contributed by atoms with E-state index >= 15 is 0 Å². The minimum atomic E-state index is -3.47. The Morgan fingerprint density at radius 1 is 1.30 bits per heavy atom. The molecule has 1 amide bonds. The first-order chi connectivity index (χ1) is 9.39. The molecule has 0 saturated heterocycles. The van der Waals surface area contributed by atoms with E-state index in [0.29, 0.717) is 25.1 Å². The Hall–Kier alpha value is -1.48. The summed E-state index contributed by atoms with van der Waals surface area (Å²) in [5, 5.41) is 2.68. The summed E-state index contributed by atoms with van der Waals surface area (Å²) in [7, 11) is -0.565. The molecule has 1 rings (SSSR count). The number of hydrogen-bond donors (Lipinski definition) is 2. The van der Waals surface area contributed by atoms with Gasteiger partial charge in [-0.2, -0.15) is 0 Å². The summed E-state index contributed by atoms with van der Waals surface area (Å²) in [5.41, 5.74) is 0.399. The van der Waals surface area contributed by atoms with Gasteiger partial charge in [0.05, 0.1) is 11.5 Å². The summed E-state index contributed by atoms with van der Waals surface area (Å²) in [6.07, 6.45) is 0.606. The zero-order chi connectivity index (χ0) is 15.2. The van der Waals surface area contributed by atoms with Crippen molar-refractivity contribution in [2.75, 3.05) is 27.2 Å². The Morgan fingerprint density at radius 3 is 2.40 bits per heavy atom. The van der Waals surface area contributed by atoms with Crippen molar-refractivity contribution in [3.05, 3.63) is 29.8 Å². The highest BCUT2D eigenvalue weighted by Gasteiger charge is 2.17. The minimum absolute atomic E-state index is 0.149. The Morgan fingerprint density at radius 2 is 1.90 bits per heavy atom. The van der Waals surface area contributed by atoms with Gasteiger partial charge in [-0.1, -0.05) is 0 Å². The van der Waals surface area contributed by atoms with E-state index in [9.17, 15) is 13.2 Å². The van der Waals surface area contributed by atoms with Gasteiger partial charge in [-0.05, 0) is 30.7 Å². The second-order valence-corrected chi connectivity index (χ2v) is 6.44. The number of benzene rings is 1. The van der Waals surface area contributed by atoms with Crippen LogP contribution in [-0.4, -0.2) is 45.9 Å². The average molecular weight is 301 g/mol. The lowest BCUT2D eigenvalue weighted by atomic mass is 10.2. The molecule has 20 heavy (non-hydrogen) atoms. The second kappa shape index (κ2) is 7.34. The van der Waals surface area contributed by atoms with Crippen LogP contribution in [0.3, 0.4) is 0 Å². The monoisotopic (exact) mass is 301 g/mol. The smallest absolute Gasteiger partial charge is 0.251 e. The van der Waals surface area contributed by atoms with Crippen LogP contribution in [0.2, 0.25) is 0 Å². The van der Waals surface area contributed by atoms with E-state index in [2.05, 4.69) is 10.2 Å². The molecule has 1 aromatic carbocycles. The third kappa shape index (κ3) is 4.27. The quantitative estimate of drug-likeness (QED) is 0.543. The lowest BCUT2D eigenvalue weighted by Gasteiger charge is -2.11. The topological polar surface area (TPSA) is 102 Å². The van der Waals surface area contributed by atoms with Crippen LogP contribution in [0.1, 0.15) is 16.8 Å². The van der Waals surface area contributed by atoms with Crippen molar-refractivity contribution in [3.8, 4) is 0 Å². The highest BCUT2D eigenvalue weighted by atomic mass is 32.2. The predicted molar refractivity (Wildman–Crippen MR) is 74.4 cm³/mol. The molecule has 112 valence electrons. The van der Waals surface area contributed by atoms with Crippen LogP contribution in [0.15, 0.2) is 29.2 Å². The Kier molecular flexibility index (Phi) is 6.08. The first-order valence-corrected chi connectivity index (χ1v) is 7.46. The maximum absolute atomic E-state index is 11.9. The van der Waals surface area contributed by atoms with Crippen LogP contribution < -0.4 is 11.2 Å². The molecule has 0 aliphatic carbocycles. The number of hydrogen-bond acceptors (Lipinski definition) is 5. The van der Waals surface area contributed by atoms with Crippen LogP contribution in [0.25, 0.3) is 0 Å². The van der Waals surface area contributed by atoms with Crippen molar-refractivity contribution >= 4 is 15.9 Å². The molecule has 0 heterocycles. The lowest BCUT2D eigenvalue weighted by molar-refractivity contribution is 0.0941. The maximum atomic E-state index is 11.9. The number of carbonyl (C=O) groups is 1. The van der Waals surface area contributed by atoms with Gasteiger partial charge in [0.2, 0.25) is 10.0 Å². The van der Waals surface area contributed by atoms with Crippen molar-refractivity contribution in [2.45, 2.75) is 11.3 Å². The SMILES string of the molecule is CN(C)S(=O)(=O)c1ccc(C(=O)NCCCON)cc1. The first-order valence-electron chi connectivity index (χ1n) is 6.02. The summed E-state index contributed by atoms with van der Waals surface area (Å²) >= 11 is 0. The van der Waals surface area contributed by atoms with Gasteiger partial charge in [0.1, 0.15) is 0 Å². The van der Waals surface area contributed by atoms with Crippen LogP contribution in [0, 0.1) is 0 Å². The van der Waals surface area contributed by atoms with Gasteiger partial charge in [0.25, 0.3) is 5.91 Å². The Labute approximate surface area is 118 Å². The first kappa shape index (κ1) is 16.6. The zero-order valence-electron chi connectivity index (χ0n) is 11.5. The van der Waals surface area contributed by atoms with Gasteiger partial charge in [0.15, 0.2) is 0 Å². The maximum Gasteiger partial charge on any atom is 0.251 e. The van der Waals surface area contributed by atoms with E-state index in [1.54, 1.807) is 0 Å². The van der Waals surface area contributed by atoms with E-state index in [-0.39, 0.29) is 10.8 Å². The fourth-order valence-corrected chi connectivity index (χ4v) is 2.35. The van der Waals surface area contributed by atoms with Crippen molar-refractivity contribution in [1.29, 1.82) is 0 Å². The van der Waals surface area contributed by atoms with Crippen LogP contribution in [0.4, 0.5) is 0 Å². The van der Waals surface area contributed by atoms with E-state index in [4.69, 9.17) is 5.90 Å². The number of nitrogens with two attached hydrogens (primary N) is 1. The van der Waals surface area contributed by atoms with Gasteiger partial charge in [-0.15, -0.1) is 0 Å². The van der Waals surface area contributed by atoms with Gasteiger partial charge in [-0.3, -0.25) is 4.79 Å². The fourth-order valence-electron chi connectivity index (χ4n) is 1.45. The molecule has 1 aromatic rings. The standard InChI is InChI=1S/C12H19N3O4S/c1-15(2)20(17,18)11-6-4-10(5-7-11)12(16)14-8-3-9-19-13/h4-7H,3,8-9,13H2,1-2H3,(H,14,16). The van der Waals surface area contributed by atoms with Crippen LogP contribution in [-0.2, 0) is 14.9 Å². The third-order valence-electron chi connectivity index (χ3n) is 2.62. The molecule has 0 aromatic heterocycles. The third-order valence-corrected chi connectivity index (χ3v) is 4.45. The summed E-state index contributed by atoms with van der Waals surface area (Å²) in [5.74, 6) is 4.60. The molecule has 0 aliphatic rings. The van der Waals surface area contributed by atoms with E-state index in [0.717, 1.165) is 4.31 Å². The van der Waals surface area contributed by atoms with Crippen LogP contribution in [0.5, 0.6) is 0 Å². The minimum Gasteiger partial charge on any atom is -0.352 e. The molecule has 0 unspecified atom stereocenters. The number of nitrogens with zero attached hydrogens (tertiary/aromatic N) is 1. The lowest BCUT2D eigenvalue weighted by Crippen LogP contribution is -2.26. The molecule has 0 fully saturated rings. The molecule has 0 aliphatic heterocycles. The molecular formula is C12H19N3O4S. The summed E-state index contributed by atoms with van der Waals surface area (Å²) in [4.78, 5) is 16.3. The summed E-state index contributed by atoms with van der Waals surface area (Å²) < 4.78 is 24.8. The predicted octanol–water partition coefficient (Wildman–Crippen LogP) is -0.0529. The molecule has 7 nitrogen and oxygen atoms in total. The Balaban J connectivity index is 2.69. The van der Waals surface area contributed by atoms with E-state index in [1.807, 2.05) is 0 Å². The van der Waals surface area contributed by atoms with Gasteiger partial charge >= 0.3 is 0 Å². The number of amides is 1. The van der Waals surface area contributed by atoms with E-state index in [1.165, 1.54) is 38.4 Å². The van der Waals surface area contributed by atoms with Crippen molar-refractivity contribution in [3.63, 3.8) is 0 Å². The molecule has 0 bridgehead atoms. The number of sulfonamides is 1. The number of nitrogens with one attached hydrogen (secondary N) is 1. The summed E-state index contributed by atoms with van der Waals surface area (Å²) in [6.45, 7) is 0.800. The van der Waals surface area contributed by atoms with E-state index < -0.39 is 10.0 Å². The second-order valence-electron chi connectivity index (χ2n) is 4.29. The summed E-state index contributed by atoms with van der Waals surface area (Å²) in [6, 6.07) is 5.77. The number of carbonyl (C=O) groups excluding carboxylic acids is 1. The molecular weight excluding hydrogens is 282 g/mol. The van der Waals surface area contributed by atoms with Crippen molar-refractivity contribution in [2.24, 2.45) is 5.90 Å². The zero-order valence-corrected chi connectivity index (χ0v) is 12.3. The molecule has 3 N–H and O–H groups in total. The largest absolute Gasteiger partial charge is 0.352 e. The van der Waals surface area contributed by atoms with Crippen LogP contribution >= 0.6 is 0 Å². The highest BCUT2D eigenvalue weighted by molar-refractivity contribution is 7.89. The Bertz CT molecular complexity index is 540. The fraction of sp³-hybridized carbons (Fsp3) is 0.417. The van der Waals surface area contributed by atoms with Gasteiger partial charge < -0.3 is 10.2 Å². The average Bonchev–Trinajstić information content (AvgIpc) is 2.43. The molecule has 0 atom stereocenters. The number of rotatable bonds is 7. The highest BCUT2D eigenvalue weighted by Crippen LogP contribution is 2.13. The van der Waals surface area contributed by atoms with Gasteiger partial charge in [0, 0.05) is 26.2 Å². The molecule has 8 heteroatoms. The molecule has 0 saturated carbocycles. The molecule has 0 spiro atoms. The molecule has 0 radical (unpaired) electrons. The normalized spacial score (nSPS) is 11.6. The van der Waals surface area contributed by atoms with Crippen molar-refractivity contribution < 1.29 is 18.0 Å².